The number of anilines is 1. The van der Waals surface area contributed by atoms with E-state index in [1.54, 1.807) is 32.4 Å². The minimum absolute atomic E-state index is 0.0133. The molecule has 0 unspecified atom stereocenters. The number of hydrogen-bond donors (Lipinski definition) is 1. The number of sulfonamides is 1. The summed E-state index contributed by atoms with van der Waals surface area (Å²) in [4.78, 5) is 0.268. The van der Waals surface area contributed by atoms with Crippen LogP contribution in [-0.4, -0.2) is 22.6 Å². The quantitative estimate of drug-likeness (QED) is 0.662. The molecule has 6 heteroatoms. The lowest BCUT2D eigenvalue weighted by Gasteiger charge is -2.57. The zero-order valence-corrected chi connectivity index (χ0v) is 19.3. The molecule has 0 spiro atoms. The van der Waals surface area contributed by atoms with E-state index in [-0.39, 0.29) is 10.3 Å². The second-order valence-corrected chi connectivity index (χ2v) is 11.6. The number of aryl methyl sites for hydroxylation is 1. The molecule has 0 aromatic heterocycles. The average molecular weight is 442 g/mol. The predicted octanol–water partition coefficient (Wildman–Crippen LogP) is 5.28. The third kappa shape index (κ3) is 3.59. The van der Waals surface area contributed by atoms with Crippen LogP contribution in [0.15, 0.2) is 41.3 Å². The van der Waals surface area contributed by atoms with Gasteiger partial charge in [-0.05, 0) is 92.4 Å². The lowest BCUT2D eigenvalue weighted by molar-refractivity contribution is -0.00493. The molecule has 4 bridgehead atoms. The molecule has 0 radical (unpaired) electrons. The molecule has 2 aromatic carbocycles. The van der Waals surface area contributed by atoms with Gasteiger partial charge in [0.25, 0.3) is 10.0 Å². The number of nitrogens with one attached hydrogen (secondary N) is 1. The van der Waals surface area contributed by atoms with Crippen molar-refractivity contribution in [2.24, 2.45) is 17.8 Å². The van der Waals surface area contributed by atoms with E-state index in [9.17, 15) is 8.42 Å². The lowest BCUT2D eigenvalue weighted by atomic mass is 9.48. The topological polar surface area (TPSA) is 64.6 Å². The van der Waals surface area contributed by atoms with Crippen molar-refractivity contribution >= 4 is 15.7 Å². The molecule has 0 atom stereocenters. The van der Waals surface area contributed by atoms with Gasteiger partial charge in [0.1, 0.15) is 0 Å². The first-order valence-electron chi connectivity index (χ1n) is 11.2. The molecule has 6 rings (SSSR count). The second kappa shape index (κ2) is 7.44. The molecule has 0 aliphatic heterocycles. The summed E-state index contributed by atoms with van der Waals surface area (Å²) in [6, 6.07) is 10.8. The summed E-state index contributed by atoms with van der Waals surface area (Å²) in [5.41, 5.74) is 2.74. The summed E-state index contributed by atoms with van der Waals surface area (Å²) in [5.74, 6) is 3.45. The first-order chi connectivity index (χ1) is 14.8. The van der Waals surface area contributed by atoms with E-state index in [1.165, 1.54) is 19.3 Å². The van der Waals surface area contributed by atoms with Crippen molar-refractivity contribution in [2.45, 2.75) is 55.8 Å². The third-order valence-corrected chi connectivity index (χ3v) is 9.09. The van der Waals surface area contributed by atoms with Crippen LogP contribution >= 0.6 is 0 Å². The largest absolute Gasteiger partial charge is 0.493 e. The van der Waals surface area contributed by atoms with Crippen LogP contribution in [0.1, 0.15) is 49.7 Å². The molecule has 0 amide bonds. The van der Waals surface area contributed by atoms with Crippen LogP contribution in [0.2, 0.25) is 0 Å². The highest BCUT2D eigenvalue weighted by atomic mass is 32.2. The summed E-state index contributed by atoms with van der Waals surface area (Å²) in [7, 11) is -0.495. The fraction of sp³-hybridized carbons (Fsp3) is 0.520. The van der Waals surface area contributed by atoms with Crippen LogP contribution in [0.5, 0.6) is 11.5 Å². The normalized spacial score (nSPS) is 29.1. The standard InChI is InChI=1S/C25H31NO4S/c1-16-4-6-20(7-5-16)31(27,28)26-22-12-24(30-3)23(29-2)11-21(22)25-13-17-8-18(14-25)10-19(9-17)15-25/h4-7,11-12,17-19,26H,8-10,13-15H2,1-3H3. The van der Waals surface area contributed by atoms with E-state index < -0.39 is 10.0 Å². The smallest absolute Gasteiger partial charge is 0.261 e. The summed E-state index contributed by atoms with van der Waals surface area (Å²) >= 11 is 0. The molecule has 4 fully saturated rings. The van der Waals surface area contributed by atoms with E-state index in [0.717, 1.165) is 48.1 Å². The zero-order valence-electron chi connectivity index (χ0n) is 18.5. The maximum absolute atomic E-state index is 13.3. The zero-order chi connectivity index (χ0) is 21.8. The molecule has 5 nitrogen and oxygen atoms in total. The third-order valence-electron chi connectivity index (χ3n) is 7.71. The van der Waals surface area contributed by atoms with Crippen molar-refractivity contribution < 1.29 is 17.9 Å². The molecule has 0 saturated heterocycles. The summed E-state index contributed by atoms with van der Waals surface area (Å²) < 4.78 is 40.6. The summed E-state index contributed by atoms with van der Waals surface area (Å²) in [6.45, 7) is 1.95. The van der Waals surface area contributed by atoms with Crippen molar-refractivity contribution in [3.05, 3.63) is 47.5 Å². The van der Waals surface area contributed by atoms with Crippen LogP contribution in [0.25, 0.3) is 0 Å². The number of hydrogen-bond acceptors (Lipinski definition) is 4. The molecule has 1 N–H and O–H groups in total. The van der Waals surface area contributed by atoms with Gasteiger partial charge in [0.15, 0.2) is 11.5 Å². The Kier molecular flexibility index (Phi) is 4.96. The van der Waals surface area contributed by atoms with Crippen LogP contribution in [0, 0.1) is 24.7 Å². The predicted molar refractivity (Wildman–Crippen MR) is 121 cm³/mol. The van der Waals surface area contributed by atoms with E-state index >= 15 is 0 Å². The fourth-order valence-electron chi connectivity index (χ4n) is 6.76. The highest BCUT2D eigenvalue weighted by molar-refractivity contribution is 7.92. The minimum atomic E-state index is -3.71. The Morgan fingerprint density at radius 1 is 0.871 bits per heavy atom. The van der Waals surface area contributed by atoms with Crippen molar-refractivity contribution in [1.29, 1.82) is 0 Å². The van der Waals surface area contributed by atoms with Gasteiger partial charge in [0.2, 0.25) is 0 Å². The Labute approximate surface area is 185 Å². The molecule has 2 aromatic rings. The Morgan fingerprint density at radius 2 is 1.39 bits per heavy atom. The molecule has 4 aliphatic rings. The van der Waals surface area contributed by atoms with Gasteiger partial charge < -0.3 is 9.47 Å². The van der Waals surface area contributed by atoms with Gasteiger partial charge in [-0.3, -0.25) is 4.72 Å². The molecular weight excluding hydrogens is 410 g/mol. The van der Waals surface area contributed by atoms with Crippen molar-refractivity contribution in [3.8, 4) is 11.5 Å². The highest BCUT2D eigenvalue weighted by Crippen LogP contribution is 2.62. The molecule has 166 valence electrons. The van der Waals surface area contributed by atoms with E-state index in [4.69, 9.17) is 9.47 Å². The maximum Gasteiger partial charge on any atom is 0.261 e. The van der Waals surface area contributed by atoms with Gasteiger partial charge in [-0.1, -0.05) is 17.7 Å². The minimum Gasteiger partial charge on any atom is -0.493 e. The first-order valence-corrected chi connectivity index (χ1v) is 12.7. The number of benzene rings is 2. The summed E-state index contributed by atoms with van der Waals surface area (Å²) in [6.07, 6.45) is 7.39. The monoisotopic (exact) mass is 441 g/mol. The number of methoxy groups -OCH3 is 2. The average Bonchev–Trinajstić information content (AvgIpc) is 2.72. The Bertz CT molecular complexity index is 1060. The van der Waals surface area contributed by atoms with Crippen LogP contribution in [0.3, 0.4) is 0 Å². The van der Waals surface area contributed by atoms with Gasteiger partial charge in [-0.15, -0.1) is 0 Å². The van der Waals surface area contributed by atoms with Gasteiger partial charge >= 0.3 is 0 Å². The van der Waals surface area contributed by atoms with Gasteiger partial charge in [0.05, 0.1) is 24.8 Å². The summed E-state index contributed by atoms with van der Waals surface area (Å²) in [5, 5.41) is 0. The number of ether oxygens (including phenoxy) is 2. The maximum atomic E-state index is 13.3. The van der Waals surface area contributed by atoms with Crippen molar-refractivity contribution in [3.63, 3.8) is 0 Å². The fourth-order valence-corrected chi connectivity index (χ4v) is 7.83. The molecule has 31 heavy (non-hydrogen) atoms. The van der Waals surface area contributed by atoms with E-state index in [1.807, 2.05) is 25.1 Å². The van der Waals surface area contributed by atoms with E-state index in [2.05, 4.69) is 4.72 Å². The second-order valence-electron chi connectivity index (χ2n) is 9.87. The van der Waals surface area contributed by atoms with Crippen LogP contribution in [-0.2, 0) is 15.4 Å². The molecular formula is C25H31NO4S. The Balaban J connectivity index is 1.60. The Hall–Kier alpha value is -2.21. The molecule has 4 aliphatic carbocycles. The number of rotatable bonds is 6. The van der Waals surface area contributed by atoms with Gasteiger partial charge in [-0.2, -0.15) is 0 Å². The lowest BCUT2D eigenvalue weighted by Crippen LogP contribution is -2.48. The highest BCUT2D eigenvalue weighted by Gasteiger charge is 2.52. The van der Waals surface area contributed by atoms with Gasteiger partial charge in [-0.25, -0.2) is 8.42 Å². The van der Waals surface area contributed by atoms with Crippen molar-refractivity contribution in [1.82, 2.24) is 0 Å². The van der Waals surface area contributed by atoms with Crippen molar-refractivity contribution in [2.75, 3.05) is 18.9 Å². The SMILES string of the molecule is COc1cc(NS(=O)(=O)c2ccc(C)cc2)c(C23CC4CC(CC(C4)C2)C3)cc1OC. The first kappa shape index (κ1) is 20.7. The molecule has 0 heterocycles. The molecule has 4 saturated carbocycles. The Morgan fingerprint density at radius 3 is 1.90 bits per heavy atom. The van der Waals surface area contributed by atoms with Gasteiger partial charge in [0, 0.05) is 6.07 Å². The van der Waals surface area contributed by atoms with Crippen LogP contribution < -0.4 is 14.2 Å². The van der Waals surface area contributed by atoms with Crippen LogP contribution in [0.4, 0.5) is 5.69 Å². The van der Waals surface area contributed by atoms with E-state index in [0.29, 0.717) is 17.2 Å².